The maximum absolute atomic E-state index is 13.1. The van der Waals surface area contributed by atoms with Crippen LogP contribution < -0.4 is 5.11 Å². The molecule has 0 amide bonds. The smallest absolute Gasteiger partial charge is 0.363 e. The summed E-state index contributed by atoms with van der Waals surface area (Å²) < 4.78 is 0. The molecule has 0 saturated heterocycles. The van der Waals surface area contributed by atoms with Crippen molar-refractivity contribution < 1.29 is 14.7 Å². The minimum Gasteiger partial charge on any atom is -0.852 e. The van der Waals surface area contributed by atoms with Crippen molar-refractivity contribution in [3.8, 4) is 0 Å². The summed E-state index contributed by atoms with van der Waals surface area (Å²) >= 11 is 0. The Morgan fingerprint density at radius 1 is 1.26 bits per heavy atom. The van der Waals surface area contributed by atoms with Gasteiger partial charge in [-0.2, -0.15) is 0 Å². The Labute approximate surface area is 161 Å². The van der Waals surface area contributed by atoms with Crippen molar-refractivity contribution >= 4 is 11.6 Å². The van der Waals surface area contributed by atoms with Crippen LogP contribution in [-0.4, -0.2) is 24.2 Å². The Balaban J connectivity index is 1.72. The van der Waals surface area contributed by atoms with Gasteiger partial charge in [0.05, 0.1) is 0 Å². The van der Waals surface area contributed by atoms with Gasteiger partial charge in [-0.3, -0.25) is 9.59 Å². The highest BCUT2D eigenvalue weighted by atomic mass is 16.3. The zero-order valence-electron chi connectivity index (χ0n) is 16.4. The molecule has 0 N–H and O–H groups in total. The van der Waals surface area contributed by atoms with E-state index in [1.165, 1.54) is 5.57 Å². The second kappa shape index (κ2) is 6.51. The van der Waals surface area contributed by atoms with Crippen LogP contribution in [0.1, 0.15) is 65.2 Å². The van der Waals surface area contributed by atoms with Crippen molar-refractivity contribution in [1.29, 1.82) is 5.39 Å². The molecule has 4 rings (SSSR count). The lowest BCUT2D eigenvalue weighted by atomic mass is 9.45. The number of Topliss-reactive ketones (excluding diaryl/α,β-unsaturated/α-hetero) is 1. The number of rotatable bonds is 3. The van der Waals surface area contributed by atoms with Gasteiger partial charge in [0.25, 0.3) is 0 Å². The highest BCUT2D eigenvalue weighted by molar-refractivity contribution is 5.92. The fourth-order valence-corrected chi connectivity index (χ4v) is 7.69. The molecular weight excluding hydrogens is 340 g/mol. The first-order chi connectivity index (χ1) is 12.8. The van der Waals surface area contributed by atoms with Crippen molar-refractivity contribution in [2.24, 2.45) is 34.5 Å². The monoisotopic (exact) mass is 370 g/mol. The Morgan fingerprint density at radius 3 is 2.74 bits per heavy atom. The van der Waals surface area contributed by atoms with E-state index in [1.54, 1.807) is 6.92 Å². The number of ketones is 2. The highest BCUT2D eigenvalue weighted by Crippen LogP contribution is 2.67. The van der Waals surface area contributed by atoms with E-state index >= 15 is 0 Å². The molecule has 27 heavy (non-hydrogen) atoms. The lowest BCUT2D eigenvalue weighted by Gasteiger charge is -2.58. The van der Waals surface area contributed by atoms with Gasteiger partial charge >= 0.3 is 6.54 Å². The van der Waals surface area contributed by atoms with E-state index < -0.39 is 11.5 Å². The van der Waals surface area contributed by atoms with Gasteiger partial charge in [0.1, 0.15) is 4.98 Å². The number of hydrogen-bond donors (Lipinski definition) is 0. The van der Waals surface area contributed by atoms with Crippen molar-refractivity contribution in [3.05, 3.63) is 16.6 Å². The molecule has 5 heteroatoms. The summed E-state index contributed by atoms with van der Waals surface area (Å²) in [7, 11) is 0. The van der Waals surface area contributed by atoms with E-state index in [0.717, 1.165) is 44.9 Å². The molecule has 0 heterocycles. The quantitative estimate of drug-likeness (QED) is 0.714. The van der Waals surface area contributed by atoms with E-state index in [9.17, 15) is 14.7 Å². The van der Waals surface area contributed by atoms with Gasteiger partial charge in [0.2, 0.25) is 11.2 Å². The molecule has 146 valence electrons. The summed E-state index contributed by atoms with van der Waals surface area (Å²) in [5.41, 5.74) is 0.779. The van der Waals surface area contributed by atoms with Crippen molar-refractivity contribution in [2.45, 2.75) is 71.3 Å². The van der Waals surface area contributed by atoms with Crippen LogP contribution in [0.15, 0.2) is 11.6 Å². The number of diazo groups is 1. The van der Waals surface area contributed by atoms with E-state index in [1.807, 2.05) is 6.08 Å². The molecule has 4 aliphatic rings. The van der Waals surface area contributed by atoms with Crippen molar-refractivity contribution in [1.82, 2.24) is 0 Å². The third-order valence-corrected chi connectivity index (χ3v) is 8.84. The number of hydrogen-bond acceptors (Lipinski definition) is 4. The average Bonchev–Trinajstić information content (AvgIpc) is 3.03. The normalized spacial score (nSPS) is 44.4. The van der Waals surface area contributed by atoms with Crippen LogP contribution in [0.5, 0.6) is 0 Å². The van der Waals surface area contributed by atoms with Crippen LogP contribution in [0.4, 0.5) is 0 Å². The first-order valence-corrected chi connectivity index (χ1v) is 10.6. The molecule has 0 radical (unpaired) electrons. The van der Waals surface area contributed by atoms with E-state index in [0.29, 0.717) is 18.3 Å². The van der Waals surface area contributed by atoms with Crippen LogP contribution in [0.2, 0.25) is 0 Å². The van der Waals surface area contributed by atoms with Crippen LogP contribution in [-0.2, 0) is 9.59 Å². The maximum atomic E-state index is 13.1. The molecule has 0 bridgehead atoms. The number of fused-ring (bicyclic) bond motifs is 5. The third-order valence-electron chi connectivity index (χ3n) is 8.84. The van der Waals surface area contributed by atoms with Crippen LogP contribution in [0.25, 0.3) is 4.98 Å². The van der Waals surface area contributed by atoms with E-state index in [-0.39, 0.29) is 35.4 Å². The molecule has 3 fully saturated rings. The van der Waals surface area contributed by atoms with Crippen LogP contribution in [0.3, 0.4) is 0 Å². The van der Waals surface area contributed by atoms with E-state index in [2.05, 4.69) is 11.9 Å². The number of nitrogens with zero attached hydrogens (tertiary/aromatic N) is 2. The Hall–Kier alpha value is -1.54. The largest absolute Gasteiger partial charge is 0.852 e. The molecule has 0 aromatic rings. The van der Waals surface area contributed by atoms with Crippen LogP contribution >= 0.6 is 0 Å². The lowest BCUT2D eigenvalue weighted by Crippen LogP contribution is -2.56. The van der Waals surface area contributed by atoms with Gasteiger partial charge in [0, 0.05) is 11.8 Å². The molecular formula is C22H30N2O3. The molecule has 4 unspecified atom stereocenters. The highest BCUT2D eigenvalue weighted by Gasteiger charge is 2.64. The topological polar surface area (TPSA) is 85.3 Å². The zero-order valence-corrected chi connectivity index (χ0v) is 16.4. The number of carbonyl (C=O) groups is 2. The zero-order chi connectivity index (χ0) is 19.4. The SMILES string of the molecule is CC([O-])[C@H]1CCC2C3CCC4=CC(=O)CC[C@]4(C)C3CC[C@@]21C(=O)C[N+]#N. The van der Waals surface area contributed by atoms with Crippen LogP contribution in [0, 0.1) is 39.9 Å². The fraction of sp³-hybridized carbons (Fsp3) is 0.818. The summed E-state index contributed by atoms with van der Waals surface area (Å²) in [5.74, 6) is 1.23. The van der Waals surface area contributed by atoms with Crippen molar-refractivity contribution in [3.63, 3.8) is 0 Å². The summed E-state index contributed by atoms with van der Waals surface area (Å²) in [6.45, 7) is 3.83. The second-order valence-electron chi connectivity index (χ2n) is 9.66. The summed E-state index contributed by atoms with van der Waals surface area (Å²) in [5, 5.41) is 21.5. The predicted molar refractivity (Wildman–Crippen MR) is 98.9 cm³/mol. The average molecular weight is 370 g/mol. The molecule has 3 saturated carbocycles. The fourth-order valence-electron chi connectivity index (χ4n) is 7.69. The first-order valence-electron chi connectivity index (χ1n) is 10.6. The minimum absolute atomic E-state index is 0.0241. The van der Waals surface area contributed by atoms with E-state index in [4.69, 9.17) is 5.39 Å². The minimum atomic E-state index is -0.767. The standard InChI is InChI=1S/C22H30N2O3/c1-13(25)17-5-6-19-16-4-3-14-11-15(26)7-9-21(14,2)18(16)8-10-22(17,19)20(27)12-24-23/h11,13,16-19H,3-10,12H2,1-2H3/t13?,16?,17-,18?,19?,21+,22+/m1/s1. The number of carbonyl (C=O) groups excluding carboxylic acids is 2. The summed E-state index contributed by atoms with van der Waals surface area (Å²) in [6, 6.07) is 0. The Morgan fingerprint density at radius 2 is 2.04 bits per heavy atom. The molecule has 0 aromatic heterocycles. The van der Waals surface area contributed by atoms with Gasteiger partial charge < -0.3 is 5.11 Å². The predicted octanol–water partition coefficient (Wildman–Crippen LogP) is 3.29. The molecule has 4 aliphatic carbocycles. The molecule has 0 aromatic carbocycles. The van der Waals surface area contributed by atoms with Gasteiger partial charge in [-0.1, -0.05) is 25.8 Å². The third kappa shape index (κ3) is 2.56. The first kappa shape index (κ1) is 18.8. The Bertz CT molecular complexity index is 736. The molecule has 0 spiro atoms. The van der Waals surface area contributed by atoms with Gasteiger partial charge in [-0.15, -0.1) is 6.10 Å². The lowest BCUT2D eigenvalue weighted by molar-refractivity contribution is -0.432. The number of allylic oxidation sites excluding steroid dienone is 1. The second-order valence-corrected chi connectivity index (χ2v) is 9.66. The summed E-state index contributed by atoms with van der Waals surface area (Å²) in [6.07, 6.45) is 8.04. The van der Waals surface area contributed by atoms with Gasteiger partial charge in [0.15, 0.2) is 5.78 Å². The Kier molecular flexibility index (Phi) is 4.54. The summed E-state index contributed by atoms with van der Waals surface area (Å²) in [4.78, 5) is 28.2. The van der Waals surface area contributed by atoms with Gasteiger partial charge in [-0.05, 0) is 73.7 Å². The molecule has 0 aliphatic heterocycles. The molecule has 5 nitrogen and oxygen atoms in total. The molecule has 7 atom stereocenters. The maximum Gasteiger partial charge on any atom is 0.363 e. The van der Waals surface area contributed by atoms with Crippen molar-refractivity contribution in [2.75, 3.05) is 6.54 Å². The van der Waals surface area contributed by atoms with Gasteiger partial charge in [-0.25, -0.2) is 0 Å².